The molecule has 0 bridgehead atoms. The number of fused-ring (bicyclic) bond motifs is 2. The predicted molar refractivity (Wildman–Crippen MR) is 97.3 cm³/mol. The zero-order chi connectivity index (χ0) is 17.2. The molecule has 5 heteroatoms. The van der Waals surface area contributed by atoms with E-state index in [1.54, 1.807) is 0 Å². The smallest absolute Gasteiger partial charge is 0.127 e. The lowest BCUT2D eigenvalue weighted by Gasteiger charge is -2.24. The average molecular weight is 341 g/mol. The zero-order valence-corrected chi connectivity index (χ0v) is 15.1. The molecule has 1 N–H and O–H groups in total. The summed E-state index contributed by atoms with van der Waals surface area (Å²) >= 11 is 0. The molecule has 2 aliphatic heterocycles. The second-order valence-electron chi connectivity index (χ2n) is 7.09. The van der Waals surface area contributed by atoms with Crippen LogP contribution in [0.1, 0.15) is 49.6 Å². The molecule has 0 radical (unpaired) electrons. The van der Waals surface area contributed by atoms with Crippen LogP contribution in [-0.4, -0.2) is 28.8 Å². The highest BCUT2D eigenvalue weighted by atomic mass is 16.5. The normalized spacial score (nSPS) is 21.5. The molecule has 4 rings (SSSR count). The number of hydrogen-bond donors (Lipinski definition) is 1. The molecule has 3 heterocycles. The van der Waals surface area contributed by atoms with E-state index in [1.165, 1.54) is 29.8 Å². The van der Waals surface area contributed by atoms with Crippen molar-refractivity contribution in [3.05, 3.63) is 41.5 Å². The summed E-state index contributed by atoms with van der Waals surface area (Å²) < 4.78 is 14.1. The molecule has 1 aromatic carbocycles. The van der Waals surface area contributed by atoms with Gasteiger partial charge in [0.05, 0.1) is 6.61 Å². The summed E-state index contributed by atoms with van der Waals surface area (Å²) in [4.78, 5) is 4.55. The molecule has 2 aromatic rings. The van der Waals surface area contributed by atoms with Crippen LogP contribution in [0, 0.1) is 0 Å². The number of imidazole rings is 1. The summed E-state index contributed by atoms with van der Waals surface area (Å²) in [5.74, 6) is 3.71. The number of ether oxygens (including phenoxy) is 2. The number of hydrogen-bond acceptors (Lipinski definition) is 4. The molecule has 0 fully saturated rings. The van der Waals surface area contributed by atoms with Crippen molar-refractivity contribution < 1.29 is 9.47 Å². The van der Waals surface area contributed by atoms with Gasteiger partial charge < -0.3 is 19.4 Å². The second-order valence-corrected chi connectivity index (χ2v) is 7.09. The highest BCUT2D eigenvalue weighted by Crippen LogP contribution is 2.36. The molecular weight excluding hydrogens is 314 g/mol. The summed E-state index contributed by atoms with van der Waals surface area (Å²) in [5, 5.41) is 3.63. The summed E-state index contributed by atoms with van der Waals surface area (Å²) in [5.41, 5.74) is 2.47. The first kappa shape index (κ1) is 16.5. The molecule has 0 saturated carbocycles. The number of aromatic nitrogens is 2. The summed E-state index contributed by atoms with van der Waals surface area (Å²) in [6.45, 7) is 7.68. The molecule has 1 aromatic heterocycles. The molecule has 134 valence electrons. The summed E-state index contributed by atoms with van der Waals surface area (Å²) in [7, 11) is 0. The minimum atomic E-state index is 0.247. The van der Waals surface area contributed by atoms with Crippen molar-refractivity contribution in [2.75, 3.05) is 13.2 Å². The van der Waals surface area contributed by atoms with Crippen LogP contribution in [0.25, 0.3) is 0 Å². The van der Waals surface area contributed by atoms with E-state index in [0.29, 0.717) is 12.5 Å². The third-order valence-electron chi connectivity index (χ3n) is 5.12. The van der Waals surface area contributed by atoms with Gasteiger partial charge in [-0.3, -0.25) is 0 Å². The molecule has 5 nitrogen and oxygen atoms in total. The van der Waals surface area contributed by atoms with E-state index >= 15 is 0 Å². The van der Waals surface area contributed by atoms with Gasteiger partial charge in [-0.05, 0) is 38.8 Å². The largest absolute Gasteiger partial charge is 0.494 e. The van der Waals surface area contributed by atoms with Crippen molar-refractivity contribution in [2.24, 2.45) is 0 Å². The number of nitrogens with zero attached hydrogens (tertiary/aromatic N) is 2. The molecule has 0 saturated heterocycles. The Kier molecular flexibility index (Phi) is 4.66. The molecule has 0 amide bonds. The van der Waals surface area contributed by atoms with Gasteiger partial charge in [0.1, 0.15) is 23.4 Å². The van der Waals surface area contributed by atoms with Crippen LogP contribution in [0.2, 0.25) is 0 Å². The van der Waals surface area contributed by atoms with Crippen molar-refractivity contribution >= 4 is 0 Å². The third kappa shape index (κ3) is 3.38. The van der Waals surface area contributed by atoms with E-state index in [4.69, 9.17) is 9.47 Å². The van der Waals surface area contributed by atoms with Gasteiger partial charge in [0, 0.05) is 55.5 Å². The highest BCUT2D eigenvalue weighted by molar-refractivity contribution is 5.49. The molecule has 0 spiro atoms. The fourth-order valence-electron chi connectivity index (χ4n) is 4.04. The van der Waals surface area contributed by atoms with Crippen LogP contribution >= 0.6 is 0 Å². The zero-order valence-electron chi connectivity index (χ0n) is 15.1. The second kappa shape index (κ2) is 7.08. The fraction of sp³-hybridized carbons (Fsp3) is 0.550. The standard InChI is InChI=1S/C20H27N3O2/c1-3-24-18-10-16-9-14(2)25-19(16)17(11-18)13-21-12-15-5-4-7-23-8-6-22-20(15)23/h6,8,10-11,14-15,21H,3-5,7,9,12-13H2,1-2H3. The third-order valence-corrected chi connectivity index (χ3v) is 5.12. The van der Waals surface area contributed by atoms with E-state index in [-0.39, 0.29) is 6.10 Å². The molecular formula is C20H27N3O2. The van der Waals surface area contributed by atoms with Crippen molar-refractivity contribution in [1.29, 1.82) is 0 Å². The van der Waals surface area contributed by atoms with E-state index in [9.17, 15) is 0 Å². The lowest BCUT2D eigenvalue weighted by Crippen LogP contribution is -2.26. The molecule has 2 aliphatic rings. The Balaban J connectivity index is 1.45. The van der Waals surface area contributed by atoms with Crippen LogP contribution in [-0.2, 0) is 19.5 Å². The average Bonchev–Trinajstić information content (AvgIpc) is 3.21. The number of aryl methyl sites for hydroxylation is 1. The summed E-state index contributed by atoms with van der Waals surface area (Å²) in [6, 6.07) is 4.25. The number of rotatable bonds is 6. The Morgan fingerprint density at radius 3 is 3.20 bits per heavy atom. The topological polar surface area (TPSA) is 48.3 Å². The van der Waals surface area contributed by atoms with Crippen LogP contribution < -0.4 is 14.8 Å². The monoisotopic (exact) mass is 341 g/mol. The van der Waals surface area contributed by atoms with Crippen LogP contribution in [0.4, 0.5) is 0 Å². The highest BCUT2D eigenvalue weighted by Gasteiger charge is 2.24. The number of nitrogens with one attached hydrogen (secondary N) is 1. The van der Waals surface area contributed by atoms with Gasteiger partial charge in [0.2, 0.25) is 0 Å². The van der Waals surface area contributed by atoms with Gasteiger partial charge >= 0.3 is 0 Å². The van der Waals surface area contributed by atoms with E-state index < -0.39 is 0 Å². The van der Waals surface area contributed by atoms with Gasteiger partial charge in [-0.15, -0.1) is 0 Å². The maximum atomic E-state index is 6.05. The summed E-state index contributed by atoms with van der Waals surface area (Å²) in [6.07, 6.45) is 7.65. The van der Waals surface area contributed by atoms with Gasteiger partial charge in [-0.2, -0.15) is 0 Å². The minimum absolute atomic E-state index is 0.247. The first-order valence-corrected chi connectivity index (χ1v) is 9.41. The Labute approximate surface area is 149 Å². The maximum absolute atomic E-state index is 6.05. The van der Waals surface area contributed by atoms with Gasteiger partial charge in [-0.1, -0.05) is 0 Å². The molecule has 2 atom stereocenters. The SMILES string of the molecule is CCOc1cc(CNCC2CCCn3ccnc32)c2c(c1)CC(C)O2. The fourth-order valence-corrected chi connectivity index (χ4v) is 4.04. The lowest BCUT2D eigenvalue weighted by molar-refractivity contribution is 0.252. The van der Waals surface area contributed by atoms with E-state index in [0.717, 1.165) is 37.6 Å². The molecule has 0 aliphatic carbocycles. The van der Waals surface area contributed by atoms with Gasteiger partial charge in [0.25, 0.3) is 0 Å². The van der Waals surface area contributed by atoms with Gasteiger partial charge in [-0.25, -0.2) is 4.98 Å². The Morgan fingerprint density at radius 2 is 2.32 bits per heavy atom. The minimum Gasteiger partial charge on any atom is -0.494 e. The van der Waals surface area contributed by atoms with Crippen molar-refractivity contribution in [3.63, 3.8) is 0 Å². The van der Waals surface area contributed by atoms with Gasteiger partial charge in [0.15, 0.2) is 0 Å². The lowest BCUT2D eigenvalue weighted by atomic mass is 9.98. The Bertz CT molecular complexity index is 741. The molecule has 25 heavy (non-hydrogen) atoms. The molecule has 2 unspecified atom stereocenters. The Hall–Kier alpha value is -2.01. The van der Waals surface area contributed by atoms with Crippen LogP contribution in [0.5, 0.6) is 11.5 Å². The van der Waals surface area contributed by atoms with Crippen LogP contribution in [0.3, 0.4) is 0 Å². The van der Waals surface area contributed by atoms with Crippen molar-refractivity contribution in [3.8, 4) is 11.5 Å². The van der Waals surface area contributed by atoms with E-state index in [1.807, 2.05) is 13.1 Å². The Morgan fingerprint density at radius 1 is 1.40 bits per heavy atom. The quantitative estimate of drug-likeness (QED) is 0.876. The van der Waals surface area contributed by atoms with Crippen LogP contribution in [0.15, 0.2) is 24.5 Å². The van der Waals surface area contributed by atoms with Crippen molar-refractivity contribution in [1.82, 2.24) is 14.9 Å². The van der Waals surface area contributed by atoms with E-state index in [2.05, 4.69) is 40.1 Å². The first-order chi connectivity index (χ1) is 12.2. The first-order valence-electron chi connectivity index (χ1n) is 9.41. The number of benzene rings is 1. The van der Waals surface area contributed by atoms with Crippen molar-refractivity contribution in [2.45, 2.75) is 58.2 Å². The predicted octanol–water partition coefficient (Wildman–Crippen LogP) is 3.27. The maximum Gasteiger partial charge on any atom is 0.127 e.